The van der Waals surface area contributed by atoms with Gasteiger partial charge in [-0.05, 0) is 37.5 Å². The highest BCUT2D eigenvalue weighted by Crippen LogP contribution is 2.31. The average Bonchev–Trinajstić information content (AvgIpc) is 2.38. The zero-order valence-electron chi connectivity index (χ0n) is 11.5. The van der Waals surface area contributed by atoms with Gasteiger partial charge in [-0.3, -0.25) is 4.79 Å². The van der Waals surface area contributed by atoms with Crippen LogP contribution in [0.25, 0.3) is 0 Å². The number of hydrogen-bond acceptors (Lipinski definition) is 2. The third-order valence-electron chi connectivity index (χ3n) is 4.82. The van der Waals surface area contributed by atoms with E-state index in [0.29, 0.717) is 12.0 Å². The van der Waals surface area contributed by atoms with E-state index in [4.69, 9.17) is 0 Å². The fourth-order valence-electron chi connectivity index (χ4n) is 3.55. The van der Waals surface area contributed by atoms with Crippen molar-refractivity contribution in [2.24, 2.45) is 11.8 Å². The van der Waals surface area contributed by atoms with E-state index in [1.165, 1.54) is 32.1 Å². The molecule has 3 nitrogen and oxygen atoms in total. The molecule has 2 saturated carbocycles. The van der Waals surface area contributed by atoms with Gasteiger partial charge in [0.1, 0.15) is 6.04 Å². The lowest BCUT2D eigenvalue weighted by molar-refractivity contribution is -0.141. The summed E-state index contributed by atoms with van der Waals surface area (Å²) in [7, 11) is 0. The quantitative estimate of drug-likeness (QED) is 0.809. The van der Waals surface area contributed by atoms with E-state index >= 15 is 0 Å². The van der Waals surface area contributed by atoms with Crippen LogP contribution in [0.4, 0.5) is 0 Å². The SMILES string of the molecule is CC1CCC(C(NC2CCCCC2)C(=O)O)CC1. The molecular weight excluding hydrogens is 226 g/mol. The van der Waals surface area contributed by atoms with Crippen molar-refractivity contribution in [2.75, 3.05) is 0 Å². The Bertz CT molecular complexity index is 266. The highest BCUT2D eigenvalue weighted by Gasteiger charge is 2.32. The van der Waals surface area contributed by atoms with Crippen molar-refractivity contribution in [1.82, 2.24) is 5.32 Å². The lowest BCUT2D eigenvalue weighted by Gasteiger charge is -2.34. The van der Waals surface area contributed by atoms with Crippen molar-refractivity contribution in [1.29, 1.82) is 0 Å². The monoisotopic (exact) mass is 253 g/mol. The number of hydrogen-bond donors (Lipinski definition) is 2. The topological polar surface area (TPSA) is 49.3 Å². The van der Waals surface area contributed by atoms with E-state index in [1.807, 2.05) is 0 Å². The molecule has 0 aromatic carbocycles. The van der Waals surface area contributed by atoms with Crippen LogP contribution < -0.4 is 5.32 Å². The van der Waals surface area contributed by atoms with Crippen molar-refractivity contribution in [3.8, 4) is 0 Å². The standard InChI is InChI=1S/C15H27NO2/c1-11-7-9-12(10-8-11)14(15(17)18)16-13-5-3-2-4-6-13/h11-14,16H,2-10H2,1H3,(H,17,18). The molecule has 0 spiro atoms. The largest absolute Gasteiger partial charge is 0.480 e. The fourth-order valence-corrected chi connectivity index (χ4v) is 3.55. The molecule has 2 N–H and O–H groups in total. The van der Waals surface area contributed by atoms with Crippen LogP contribution >= 0.6 is 0 Å². The number of rotatable bonds is 4. The molecule has 0 aliphatic heterocycles. The first-order valence-electron chi connectivity index (χ1n) is 7.65. The lowest BCUT2D eigenvalue weighted by Crippen LogP contribution is -2.49. The Hall–Kier alpha value is -0.570. The second-order valence-corrected chi connectivity index (χ2v) is 6.34. The van der Waals surface area contributed by atoms with Gasteiger partial charge in [-0.1, -0.05) is 39.0 Å². The maximum absolute atomic E-state index is 11.5. The zero-order valence-corrected chi connectivity index (χ0v) is 11.5. The number of carboxylic acids is 1. The van der Waals surface area contributed by atoms with E-state index in [1.54, 1.807) is 0 Å². The molecule has 0 aromatic heterocycles. The Balaban J connectivity index is 1.88. The van der Waals surface area contributed by atoms with E-state index < -0.39 is 5.97 Å². The summed E-state index contributed by atoms with van der Waals surface area (Å²) in [5.41, 5.74) is 0. The summed E-state index contributed by atoms with van der Waals surface area (Å²) >= 11 is 0. The molecule has 2 rings (SSSR count). The Morgan fingerprint density at radius 3 is 2.22 bits per heavy atom. The molecular formula is C15H27NO2. The first-order chi connectivity index (χ1) is 8.66. The van der Waals surface area contributed by atoms with Gasteiger partial charge in [0.05, 0.1) is 0 Å². The van der Waals surface area contributed by atoms with Crippen LogP contribution in [-0.2, 0) is 4.79 Å². The minimum absolute atomic E-state index is 0.305. The highest BCUT2D eigenvalue weighted by atomic mass is 16.4. The van der Waals surface area contributed by atoms with Crippen LogP contribution in [0.3, 0.4) is 0 Å². The van der Waals surface area contributed by atoms with Crippen LogP contribution in [0.15, 0.2) is 0 Å². The molecule has 1 atom stereocenters. The van der Waals surface area contributed by atoms with E-state index in [2.05, 4.69) is 12.2 Å². The molecule has 0 bridgehead atoms. The van der Waals surface area contributed by atoms with Crippen LogP contribution in [0.1, 0.15) is 64.7 Å². The van der Waals surface area contributed by atoms with Gasteiger partial charge in [-0.15, -0.1) is 0 Å². The number of carboxylic acid groups (broad SMARTS) is 1. The molecule has 0 amide bonds. The molecule has 2 aliphatic carbocycles. The third kappa shape index (κ3) is 3.71. The second kappa shape index (κ2) is 6.55. The Morgan fingerprint density at radius 1 is 1.06 bits per heavy atom. The van der Waals surface area contributed by atoms with Gasteiger partial charge < -0.3 is 10.4 Å². The first-order valence-corrected chi connectivity index (χ1v) is 7.65. The third-order valence-corrected chi connectivity index (χ3v) is 4.82. The minimum atomic E-state index is -0.639. The van der Waals surface area contributed by atoms with Crippen molar-refractivity contribution < 1.29 is 9.90 Å². The van der Waals surface area contributed by atoms with Crippen LogP contribution in [0.5, 0.6) is 0 Å². The second-order valence-electron chi connectivity index (χ2n) is 6.34. The predicted molar refractivity (Wildman–Crippen MR) is 72.6 cm³/mol. The maximum atomic E-state index is 11.5. The smallest absolute Gasteiger partial charge is 0.320 e. The van der Waals surface area contributed by atoms with Gasteiger partial charge in [-0.2, -0.15) is 0 Å². The Labute approximate surface area is 110 Å². The molecule has 0 aromatic rings. The van der Waals surface area contributed by atoms with E-state index in [-0.39, 0.29) is 6.04 Å². The molecule has 3 heteroatoms. The van der Waals surface area contributed by atoms with Gasteiger partial charge in [0.15, 0.2) is 0 Å². The minimum Gasteiger partial charge on any atom is -0.480 e. The molecule has 1 unspecified atom stereocenters. The summed E-state index contributed by atoms with van der Waals surface area (Å²) in [6, 6.07) is 0.139. The van der Waals surface area contributed by atoms with Crippen molar-refractivity contribution in [3.63, 3.8) is 0 Å². The van der Waals surface area contributed by atoms with Gasteiger partial charge in [0.2, 0.25) is 0 Å². The summed E-state index contributed by atoms with van der Waals surface area (Å²) in [5.74, 6) is 0.492. The molecule has 2 aliphatic rings. The van der Waals surface area contributed by atoms with Crippen molar-refractivity contribution in [3.05, 3.63) is 0 Å². The zero-order chi connectivity index (χ0) is 13.0. The molecule has 0 heterocycles. The molecule has 0 radical (unpaired) electrons. The number of aliphatic carboxylic acids is 1. The molecule has 2 fully saturated rings. The van der Waals surface area contributed by atoms with Crippen LogP contribution in [0.2, 0.25) is 0 Å². The van der Waals surface area contributed by atoms with E-state index in [0.717, 1.165) is 31.6 Å². The normalized spacial score (nSPS) is 32.1. The molecule has 18 heavy (non-hydrogen) atoms. The summed E-state index contributed by atoms with van der Waals surface area (Å²) in [6.07, 6.45) is 10.7. The summed E-state index contributed by atoms with van der Waals surface area (Å²) < 4.78 is 0. The van der Waals surface area contributed by atoms with Gasteiger partial charge in [0.25, 0.3) is 0 Å². The van der Waals surface area contributed by atoms with Crippen molar-refractivity contribution in [2.45, 2.75) is 76.8 Å². The number of nitrogens with one attached hydrogen (secondary N) is 1. The first kappa shape index (κ1) is 13.9. The summed E-state index contributed by atoms with van der Waals surface area (Å²) in [4.78, 5) is 11.5. The number of carbonyl (C=O) groups is 1. The van der Waals surface area contributed by atoms with Gasteiger partial charge in [-0.25, -0.2) is 0 Å². The van der Waals surface area contributed by atoms with Crippen LogP contribution in [-0.4, -0.2) is 23.2 Å². The van der Waals surface area contributed by atoms with Crippen molar-refractivity contribution >= 4 is 5.97 Å². The van der Waals surface area contributed by atoms with Gasteiger partial charge in [0, 0.05) is 6.04 Å². The summed E-state index contributed by atoms with van der Waals surface area (Å²) in [5, 5.41) is 12.9. The Kier molecular flexibility index (Phi) is 5.04. The lowest BCUT2D eigenvalue weighted by atomic mass is 9.78. The fraction of sp³-hybridized carbons (Fsp3) is 0.933. The van der Waals surface area contributed by atoms with Gasteiger partial charge >= 0.3 is 5.97 Å². The molecule has 104 valence electrons. The summed E-state index contributed by atoms with van der Waals surface area (Å²) in [6.45, 7) is 2.28. The van der Waals surface area contributed by atoms with E-state index in [9.17, 15) is 9.90 Å². The predicted octanol–water partition coefficient (Wildman–Crippen LogP) is 3.19. The molecule has 0 saturated heterocycles. The maximum Gasteiger partial charge on any atom is 0.320 e. The Morgan fingerprint density at radius 2 is 1.67 bits per heavy atom. The highest BCUT2D eigenvalue weighted by molar-refractivity contribution is 5.74. The average molecular weight is 253 g/mol. The van der Waals surface area contributed by atoms with Crippen LogP contribution in [0, 0.1) is 11.8 Å².